The van der Waals surface area contributed by atoms with Gasteiger partial charge in [-0.1, -0.05) is 19.6 Å². The molecule has 0 bridgehead atoms. The van der Waals surface area contributed by atoms with E-state index in [2.05, 4.69) is 35.6 Å². The average molecular weight is 418 g/mol. The molecule has 0 aliphatic heterocycles. The maximum absolute atomic E-state index is 9.81. The topological polar surface area (TPSA) is 68.5 Å². The van der Waals surface area contributed by atoms with Crippen LogP contribution < -0.4 is 5.32 Å². The van der Waals surface area contributed by atoms with Crippen LogP contribution in [0.25, 0.3) is 17.1 Å². The second-order valence-corrected chi connectivity index (χ2v) is 14.8. The van der Waals surface area contributed by atoms with Gasteiger partial charge in [0, 0.05) is 44.1 Å². The molecule has 2 heterocycles. The zero-order chi connectivity index (χ0) is 20.9. The summed E-state index contributed by atoms with van der Waals surface area (Å²) < 4.78 is 13.1. The van der Waals surface area contributed by atoms with Gasteiger partial charge in [0.25, 0.3) is 0 Å². The summed E-state index contributed by atoms with van der Waals surface area (Å²) in [7, 11) is 0.556. The van der Waals surface area contributed by atoms with Gasteiger partial charge in [-0.15, -0.1) is 0 Å². The van der Waals surface area contributed by atoms with E-state index in [1.54, 1.807) is 13.4 Å². The summed E-state index contributed by atoms with van der Waals surface area (Å²) in [4.78, 5) is 4.69. The Balaban J connectivity index is 1.80. The van der Waals surface area contributed by atoms with Gasteiger partial charge in [-0.25, -0.2) is 4.98 Å². The van der Waals surface area contributed by atoms with Crippen molar-refractivity contribution in [3.8, 4) is 0 Å². The molecule has 0 unspecified atom stereocenters. The lowest BCUT2D eigenvalue weighted by atomic mass is 9.92. The molecule has 7 heteroatoms. The Hall–Kier alpha value is -1.83. The normalized spacial score (nSPS) is 20.4. The fourth-order valence-electron chi connectivity index (χ4n) is 3.65. The summed E-state index contributed by atoms with van der Waals surface area (Å²) in [6.07, 6.45) is 11.0. The van der Waals surface area contributed by atoms with Gasteiger partial charge in [0.1, 0.15) is 12.4 Å². The third-order valence-corrected chi connectivity index (χ3v) is 7.18. The number of nitrogens with zero attached hydrogens (tertiary/aromatic N) is 2. The Morgan fingerprint density at radius 3 is 2.72 bits per heavy atom. The van der Waals surface area contributed by atoms with E-state index in [1.807, 2.05) is 18.5 Å². The van der Waals surface area contributed by atoms with Gasteiger partial charge in [0.05, 0.1) is 25.2 Å². The second-order valence-electron chi connectivity index (χ2n) is 9.15. The summed E-state index contributed by atoms with van der Waals surface area (Å²) in [6, 6.07) is 3.62. The first-order valence-corrected chi connectivity index (χ1v) is 14.3. The van der Waals surface area contributed by atoms with Crippen LogP contribution in [0.4, 0.5) is 5.69 Å². The molecule has 2 N–H and O–H groups in total. The van der Waals surface area contributed by atoms with Crippen molar-refractivity contribution in [2.75, 3.05) is 19.0 Å². The Morgan fingerprint density at radius 1 is 1.28 bits per heavy atom. The molecule has 3 rings (SSSR count). The molecule has 29 heavy (non-hydrogen) atoms. The molecule has 0 atom stereocenters. The minimum Gasteiger partial charge on any atom is -0.504 e. The summed E-state index contributed by atoms with van der Waals surface area (Å²) in [5.74, 6) is 0. The summed E-state index contributed by atoms with van der Waals surface area (Å²) in [5, 5.41) is 14.6. The Kier molecular flexibility index (Phi) is 7.37. The molecule has 1 aliphatic rings. The van der Waals surface area contributed by atoms with Crippen molar-refractivity contribution in [1.29, 1.82) is 0 Å². The number of aromatic nitrogens is 2. The molecule has 160 valence electrons. The summed E-state index contributed by atoms with van der Waals surface area (Å²) >= 11 is 0. The zero-order valence-corrected chi connectivity index (χ0v) is 19.1. The maximum Gasteiger partial charge on any atom is 0.143 e. The van der Waals surface area contributed by atoms with Crippen molar-refractivity contribution in [3.63, 3.8) is 0 Å². The molecule has 1 saturated carbocycles. The lowest BCUT2D eigenvalue weighted by Gasteiger charge is -2.28. The van der Waals surface area contributed by atoms with Crippen LogP contribution in [0.3, 0.4) is 0 Å². The molecule has 0 aromatic carbocycles. The van der Waals surface area contributed by atoms with Crippen molar-refractivity contribution in [2.45, 2.75) is 70.2 Å². The average Bonchev–Trinajstić information content (AvgIpc) is 3.09. The fourth-order valence-corrected chi connectivity index (χ4v) is 4.41. The molecule has 1 aliphatic carbocycles. The monoisotopic (exact) mass is 417 g/mol. The first-order chi connectivity index (χ1) is 13.9. The molecule has 6 nitrogen and oxygen atoms in total. The number of nitrogens with one attached hydrogen (secondary N) is 1. The van der Waals surface area contributed by atoms with Crippen LogP contribution in [-0.2, 0) is 16.2 Å². The number of hydrogen-bond acceptors (Lipinski definition) is 5. The molecule has 0 radical (unpaired) electrons. The Labute approximate surface area is 174 Å². The van der Waals surface area contributed by atoms with Crippen molar-refractivity contribution >= 4 is 30.9 Å². The third kappa shape index (κ3) is 6.07. The molecule has 2 aromatic heterocycles. The summed E-state index contributed by atoms with van der Waals surface area (Å²) in [5.41, 5.74) is 3.00. The van der Waals surface area contributed by atoms with Crippen LogP contribution in [0, 0.1) is 0 Å². The highest BCUT2D eigenvalue weighted by molar-refractivity contribution is 6.76. The van der Waals surface area contributed by atoms with E-state index < -0.39 is 8.07 Å². The predicted octanol–water partition coefficient (Wildman–Crippen LogP) is 4.68. The van der Waals surface area contributed by atoms with E-state index in [0.717, 1.165) is 60.6 Å². The van der Waals surface area contributed by atoms with Gasteiger partial charge in [-0.3, -0.25) is 0 Å². The number of methoxy groups -OCH3 is 1. The number of rotatable bonds is 9. The largest absolute Gasteiger partial charge is 0.504 e. The third-order valence-electron chi connectivity index (χ3n) is 5.47. The number of hydrogen-bond donors (Lipinski definition) is 2. The van der Waals surface area contributed by atoms with E-state index in [4.69, 9.17) is 14.5 Å². The van der Waals surface area contributed by atoms with Crippen molar-refractivity contribution in [2.24, 2.45) is 0 Å². The minimum atomic E-state index is -1.09. The van der Waals surface area contributed by atoms with Crippen LogP contribution >= 0.6 is 0 Å². The quantitative estimate of drug-likeness (QED) is 0.352. The lowest BCUT2D eigenvalue weighted by molar-refractivity contribution is 0.0899. The van der Waals surface area contributed by atoms with Crippen molar-refractivity contribution < 1.29 is 14.6 Å². The lowest BCUT2D eigenvalue weighted by Crippen LogP contribution is -2.28. The predicted molar refractivity (Wildman–Crippen MR) is 122 cm³/mol. The minimum absolute atomic E-state index is 0.159. The van der Waals surface area contributed by atoms with E-state index in [0.29, 0.717) is 12.8 Å². The molecule has 2 aromatic rings. The number of anilines is 1. The van der Waals surface area contributed by atoms with E-state index in [9.17, 15) is 5.11 Å². The van der Waals surface area contributed by atoms with Crippen LogP contribution in [-0.4, -0.2) is 48.6 Å². The standard InChI is InChI=1S/C22H35N3O3Si/c1-27-12-10-17-15-23-22-20(21(17)24-18-5-7-19(26)8-6-18)9-11-25(22)16-28-13-14-29(2,3)4/h9-12,15,18-19,26H,5-8,13-14,16H2,1-4H3,(H,23,24)/t18-,19-. The Morgan fingerprint density at radius 2 is 2.03 bits per heavy atom. The molecular formula is C22H35N3O3Si. The van der Waals surface area contributed by atoms with Gasteiger partial charge in [0.2, 0.25) is 0 Å². The van der Waals surface area contributed by atoms with E-state index in [1.165, 1.54) is 0 Å². The van der Waals surface area contributed by atoms with Crippen LogP contribution in [0.15, 0.2) is 24.7 Å². The number of fused-ring (bicyclic) bond motifs is 1. The molecule has 0 saturated heterocycles. The smallest absolute Gasteiger partial charge is 0.143 e. The number of pyridine rings is 1. The van der Waals surface area contributed by atoms with Gasteiger partial charge < -0.3 is 24.5 Å². The number of ether oxygens (including phenoxy) is 2. The van der Waals surface area contributed by atoms with Crippen LogP contribution in [0.2, 0.25) is 25.7 Å². The molecule has 0 spiro atoms. The van der Waals surface area contributed by atoms with Gasteiger partial charge >= 0.3 is 0 Å². The van der Waals surface area contributed by atoms with Gasteiger partial charge in [-0.05, 0) is 43.9 Å². The summed E-state index contributed by atoms with van der Waals surface area (Å²) in [6.45, 7) is 8.39. The van der Waals surface area contributed by atoms with E-state index in [-0.39, 0.29) is 6.10 Å². The first-order valence-electron chi connectivity index (χ1n) is 10.6. The molecular weight excluding hydrogens is 382 g/mol. The highest BCUT2D eigenvalue weighted by Crippen LogP contribution is 2.31. The van der Waals surface area contributed by atoms with Crippen LogP contribution in [0.5, 0.6) is 0 Å². The highest BCUT2D eigenvalue weighted by Gasteiger charge is 2.21. The SMILES string of the molecule is COC=Cc1cnc2c(ccn2COCC[Si](C)(C)C)c1N[C@H]1CC[C@H](O)CC1. The number of aliphatic hydroxyl groups excluding tert-OH is 1. The molecule has 1 fully saturated rings. The van der Waals surface area contributed by atoms with Gasteiger partial charge in [0.15, 0.2) is 0 Å². The zero-order valence-electron chi connectivity index (χ0n) is 18.1. The molecule has 0 amide bonds. The fraction of sp³-hybridized carbons (Fsp3) is 0.591. The van der Waals surface area contributed by atoms with Crippen molar-refractivity contribution in [1.82, 2.24) is 9.55 Å². The van der Waals surface area contributed by atoms with Crippen LogP contribution in [0.1, 0.15) is 31.2 Å². The van der Waals surface area contributed by atoms with Crippen molar-refractivity contribution in [3.05, 3.63) is 30.3 Å². The highest BCUT2D eigenvalue weighted by atomic mass is 28.3. The second kappa shape index (κ2) is 9.78. The first kappa shape index (κ1) is 21.9. The Bertz CT molecular complexity index is 821. The maximum atomic E-state index is 9.81. The van der Waals surface area contributed by atoms with E-state index >= 15 is 0 Å². The number of aliphatic hydroxyl groups is 1. The van der Waals surface area contributed by atoms with Gasteiger partial charge in [-0.2, -0.15) is 0 Å².